The molecule has 1 aromatic carbocycles. The van der Waals surface area contributed by atoms with Crippen molar-refractivity contribution in [3.63, 3.8) is 0 Å². The first kappa shape index (κ1) is 16.7. The predicted octanol–water partition coefficient (Wildman–Crippen LogP) is 2.88. The summed E-state index contributed by atoms with van der Waals surface area (Å²) >= 11 is 2.20. The summed E-state index contributed by atoms with van der Waals surface area (Å²) in [6.07, 6.45) is 5.53. The molecular formula is C18H18IN3O3. The van der Waals surface area contributed by atoms with Crippen molar-refractivity contribution >= 4 is 52.3 Å². The van der Waals surface area contributed by atoms with Crippen LogP contribution in [0.25, 0.3) is 0 Å². The second-order valence-corrected chi connectivity index (χ2v) is 8.22. The first-order valence-corrected chi connectivity index (χ1v) is 9.58. The van der Waals surface area contributed by atoms with Gasteiger partial charge in [-0.2, -0.15) is 0 Å². The number of hydrogen-bond donors (Lipinski definition) is 1. The van der Waals surface area contributed by atoms with Crippen LogP contribution in [0, 0.1) is 21.3 Å². The van der Waals surface area contributed by atoms with Crippen molar-refractivity contribution in [2.45, 2.75) is 31.7 Å². The number of imide groups is 2. The lowest BCUT2D eigenvalue weighted by Crippen LogP contribution is -2.62. The molecule has 3 aliphatic rings. The zero-order chi connectivity index (χ0) is 17.6. The summed E-state index contributed by atoms with van der Waals surface area (Å²) in [4.78, 5) is 42.8. The normalized spacial score (nSPS) is 31.9. The van der Waals surface area contributed by atoms with Crippen molar-refractivity contribution in [2.24, 2.45) is 22.7 Å². The van der Waals surface area contributed by atoms with E-state index in [0.717, 1.165) is 22.8 Å². The Kier molecular flexibility index (Phi) is 4.35. The van der Waals surface area contributed by atoms with Crippen LogP contribution in [-0.4, -0.2) is 35.0 Å². The van der Waals surface area contributed by atoms with Gasteiger partial charge in [0.05, 0.1) is 5.69 Å². The molecule has 2 saturated carbocycles. The van der Waals surface area contributed by atoms with E-state index in [9.17, 15) is 14.4 Å². The van der Waals surface area contributed by atoms with Crippen LogP contribution in [0.5, 0.6) is 0 Å². The van der Waals surface area contributed by atoms with Crippen LogP contribution in [0.3, 0.4) is 0 Å². The summed E-state index contributed by atoms with van der Waals surface area (Å²) in [6.45, 7) is 0. The first-order chi connectivity index (χ1) is 12.0. The minimum Gasteiger partial charge on any atom is -0.277 e. The lowest BCUT2D eigenvalue weighted by Gasteiger charge is -2.36. The molecule has 0 radical (unpaired) electrons. The molecule has 4 amide bonds. The third kappa shape index (κ3) is 3.09. The van der Waals surface area contributed by atoms with E-state index in [1.165, 1.54) is 17.5 Å². The summed E-state index contributed by atoms with van der Waals surface area (Å²) in [5.41, 5.74) is 0.671. The minimum absolute atomic E-state index is 0.0754. The number of fused-ring (bicyclic) bond motifs is 2. The van der Waals surface area contributed by atoms with Crippen LogP contribution in [0.1, 0.15) is 25.7 Å². The van der Waals surface area contributed by atoms with Crippen molar-refractivity contribution in [1.82, 2.24) is 10.2 Å². The van der Waals surface area contributed by atoms with Crippen LogP contribution in [-0.2, 0) is 9.59 Å². The fraction of sp³-hybridized carbons (Fsp3) is 0.444. The van der Waals surface area contributed by atoms with E-state index in [0.29, 0.717) is 17.5 Å². The number of halogens is 1. The maximum Gasteiger partial charge on any atom is 0.331 e. The lowest BCUT2D eigenvalue weighted by molar-refractivity contribution is -0.141. The van der Waals surface area contributed by atoms with E-state index in [1.54, 1.807) is 0 Å². The number of aliphatic imine (C=N–C) groups is 1. The average Bonchev–Trinajstić information content (AvgIpc) is 3.19. The van der Waals surface area contributed by atoms with Gasteiger partial charge >= 0.3 is 6.03 Å². The van der Waals surface area contributed by atoms with Gasteiger partial charge in [0.25, 0.3) is 0 Å². The second-order valence-electron chi connectivity index (χ2n) is 6.98. The Morgan fingerprint density at radius 1 is 1.12 bits per heavy atom. The van der Waals surface area contributed by atoms with Gasteiger partial charge < -0.3 is 0 Å². The number of barbiturate groups is 1. The second kappa shape index (κ2) is 6.51. The first-order valence-electron chi connectivity index (χ1n) is 8.50. The maximum atomic E-state index is 12.8. The van der Waals surface area contributed by atoms with Gasteiger partial charge in [-0.3, -0.25) is 24.8 Å². The monoisotopic (exact) mass is 451 g/mol. The number of amides is 4. The average molecular weight is 451 g/mol. The summed E-state index contributed by atoms with van der Waals surface area (Å²) in [5, 5.41) is 2.33. The standard InChI is InChI=1S/C18H18IN3O3/c19-12-3-5-13(6-4-12)20-9-14-16(23)21-18(25)22(17(14)24)15-8-10-1-2-11(15)7-10/h3-6,9-11,14-15H,1-2,7-8H2,(H,21,23,25)/t10-,11-,14-,15+/m0/s1. The lowest BCUT2D eigenvalue weighted by atomic mass is 9.92. The van der Waals surface area contributed by atoms with Crippen molar-refractivity contribution in [2.75, 3.05) is 0 Å². The molecule has 0 unspecified atom stereocenters. The quantitative estimate of drug-likeness (QED) is 0.436. The maximum absolute atomic E-state index is 12.8. The van der Waals surface area contributed by atoms with Crippen molar-refractivity contribution in [1.29, 1.82) is 0 Å². The van der Waals surface area contributed by atoms with E-state index in [4.69, 9.17) is 0 Å². The fourth-order valence-corrected chi connectivity index (χ4v) is 4.63. The Morgan fingerprint density at radius 3 is 2.52 bits per heavy atom. The van der Waals surface area contributed by atoms with Crippen molar-refractivity contribution in [3.8, 4) is 0 Å². The van der Waals surface area contributed by atoms with Crippen molar-refractivity contribution in [3.05, 3.63) is 27.8 Å². The Balaban J connectivity index is 1.55. The Morgan fingerprint density at radius 2 is 1.88 bits per heavy atom. The van der Waals surface area contributed by atoms with E-state index in [1.807, 2.05) is 24.3 Å². The summed E-state index contributed by atoms with van der Waals surface area (Å²) in [6, 6.07) is 6.80. The van der Waals surface area contributed by atoms with Gasteiger partial charge in [0.2, 0.25) is 11.8 Å². The third-order valence-electron chi connectivity index (χ3n) is 5.47. The molecule has 0 spiro atoms. The zero-order valence-electron chi connectivity index (χ0n) is 13.5. The number of carbonyl (C=O) groups excluding carboxylic acids is 3. The number of urea groups is 1. The Bertz CT molecular complexity index is 761. The van der Waals surface area contributed by atoms with Crippen molar-refractivity contribution < 1.29 is 14.4 Å². The van der Waals surface area contributed by atoms with E-state index < -0.39 is 23.8 Å². The molecule has 2 bridgehead atoms. The number of nitrogens with one attached hydrogen (secondary N) is 1. The highest BCUT2D eigenvalue weighted by Crippen LogP contribution is 2.47. The number of hydrogen-bond acceptors (Lipinski definition) is 4. The minimum atomic E-state index is -1.05. The molecule has 1 heterocycles. The molecule has 4 rings (SSSR count). The highest BCUT2D eigenvalue weighted by Gasteiger charge is 2.50. The van der Waals surface area contributed by atoms with E-state index in [2.05, 4.69) is 32.9 Å². The molecule has 2 aliphatic carbocycles. The van der Waals surface area contributed by atoms with E-state index >= 15 is 0 Å². The van der Waals surface area contributed by atoms with Crippen LogP contribution in [0.15, 0.2) is 29.3 Å². The summed E-state index contributed by atoms with van der Waals surface area (Å²) < 4.78 is 1.08. The smallest absolute Gasteiger partial charge is 0.277 e. The fourth-order valence-electron chi connectivity index (χ4n) is 4.27. The highest BCUT2D eigenvalue weighted by molar-refractivity contribution is 14.1. The van der Waals surface area contributed by atoms with Crippen LogP contribution in [0.2, 0.25) is 0 Å². The van der Waals surface area contributed by atoms with Gasteiger partial charge in [-0.1, -0.05) is 6.42 Å². The van der Waals surface area contributed by atoms with Gasteiger partial charge in [-0.25, -0.2) is 4.79 Å². The topological polar surface area (TPSA) is 78.8 Å². The zero-order valence-corrected chi connectivity index (χ0v) is 15.7. The molecule has 1 aromatic rings. The largest absolute Gasteiger partial charge is 0.331 e. The molecule has 1 N–H and O–H groups in total. The van der Waals surface area contributed by atoms with Crippen LogP contribution >= 0.6 is 22.6 Å². The number of benzene rings is 1. The predicted molar refractivity (Wildman–Crippen MR) is 100 cm³/mol. The summed E-state index contributed by atoms with van der Waals surface area (Å²) in [7, 11) is 0. The molecule has 7 heteroatoms. The SMILES string of the molecule is O=C1NC(=O)N([C@@H]2C[C@H]3CC[C@H]2C3)C(=O)[C@H]1C=Nc1ccc(I)cc1. The number of rotatable bonds is 3. The molecule has 1 aliphatic heterocycles. The van der Waals surface area contributed by atoms with Gasteiger partial charge in [-0.05, 0) is 78.0 Å². The van der Waals surface area contributed by atoms with E-state index in [-0.39, 0.29) is 6.04 Å². The summed E-state index contributed by atoms with van der Waals surface area (Å²) in [5.74, 6) is -1.10. The molecular weight excluding hydrogens is 433 g/mol. The molecule has 25 heavy (non-hydrogen) atoms. The van der Waals surface area contributed by atoms with Gasteiger partial charge in [0.15, 0.2) is 5.92 Å². The van der Waals surface area contributed by atoms with Gasteiger partial charge in [0.1, 0.15) is 0 Å². The number of carbonyl (C=O) groups is 3. The molecule has 1 saturated heterocycles. The van der Waals surface area contributed by atoms with Gasteiger partial charge in [-0.15, -0.1) is 0 Å². The molecule has 3 fully saturated rings. The van der Waals surface area contributed by atoms with Crippen LogP contribution in [0.4, 0.5) is 10.5 Å². The molecule has 0 aromatic heterocycles. The van der Waals surface area contributed by atoms with Crippen LogP contribution < -0.4 is 5.32 Å². The molecule has 130 valence electrons. The Hall–Kier alpha value is -1.77. The number of nitrogens with zero attached hydrogens (tertiary/aromatic N) is 2. The third-order valence-corrected chi connectivity index (χ3v) is 6.19. The highest BCUT2D eigenvalue weighted by atomic mass is 127. The molecule has 4 atom stereocenters. The Labute approximate surface area is 159 Å². The molecule has 6 nitrogen and oxygen atoms in total. The van der Waals surface area contributed by atoms with Gasteiger partial charge in [0, 0.05) is 15.8 Å².